The molecule has 32 heavy (non-hydrogen) atoms. The van der Waals surface area contributed by atoms with Crippen molar-refractivity contribution in [2.24, 2.45) is 16.7 Å². The van der Waals surface area contributed by atoms with E-state index in [0.29, 0.717) is 17.3 Å². The first kappa shape index (κ1) is 27.2. The maximum Gasteiger partial charge on any atom is 0.189 e. The number of benzene rings is 1. The number of hydrogen-bond acceptors (Lipinski definition) is 3. The Morgan fingerprint density at radius 1 is 0.969 bits per heavy atom. The number of ether oxygens (including phenoxy) is 2. The minimum Gasteiger partial charge on any atom is -0.488 e. The topological polar surface area (TPSA) is 38.7 Å². The van der Waals surface area contributed by atoms with Crippen molar-refractivity contribution in [3.8, 4) is 5.75 Å². The molecule has 0 spiro atoms. The minimum atomic E-state index is -0.919. The average Bonchev–Trinajstić information content (AvgIpc) is 2.76. The van der Waals surface area contributed by atoms with E-state index >= 15 is 0 Å². The first-order valence-corrected chi connectivity index (χ1v) is 13.0. The molecule has 2 rings (SSSR count). The van der Waals surface area contributed by atoms with E-state index in [2.05, 4.69) is 73.6 Å². The van der Waals surface area contributed by atoms with Gasteiger partial charge in [-0.05, 0) is 73.5 Å². The molecule has 0 saturated heterocycles. The number of hydrogen-bond donors (Lipinski definition) is 1. The summed E-state index contributed by atoms with van der Waals surface area (Å²) in [5.41, 5.74) is 1.50. The Bertz CT molecular complexity index is 685. The van der Waals surface area contributed by atoms with E-state index in [4.69, 9.17) is 9.47 Å². The van der Waals surface area contributed by atoms with E-state index in [1.165, 1.54) is 44.1 Å². The lowest BCUT2D eigenvalue weighted by Crippen LogP contribution is -2.41. The van der Waals surface area contributed by atoms with Crippen LogP contribution >= 0.6 is 0 Å². The summed E-state index contributed by atoms with van der Waals surface area (Å²) in [5, 5.41) is 10.6. The molecule has 0 aliphatic heterocycles. The number of aliphatic hydroxyl groups excluding tert-OH is 1. The normalized spacial score (nSPS) is 18.4. The lowest BCUT2D eigenvalue weighted by Gasteiger charge is -2.39. The molecule has 1 aliphatic rings. The minimum absolute atomic E-state index is 0.155. The van der Waals surface area contributed by atoms with Crippen LogP contribution < -0.4 is 4.74 Å². The predicted molar refractivity (Wildman–Crippen MR) is 135 cm³/mol. The van der Waals surface area contributed by atoms with E-state index in [0.717, 1.165) is 18.6 Å². The van der Waals surface area contributed by atoms with Crippen molar-refractivity contribution >= 4 is 0 Å². The second-order valence-electron chi connectivity index (χ2n) is 12.0. The highest BCUT2D eigenvalue weighted by molar-refractivity contribution is 5.32. The second kappa shape index (κ2) is 11.4. The smallest absolute Gasteiger partial charge is 0.189 e. The molecule has 1 saturated carbocycles. The summed E-state index contributed by atoms with van der Waals surface area (Å²) >= 11 is 0. The Balaban J connectivity index is 2.05. The third-order valence-electron chi connectivity index (χ3n) is 8.25. The maximum atomic E-state index is 10.6. The van der Waals surface area contributed by atoms with Crippen molar-refractivity contribution in [2.75, 3.05) is 6.61 Å². The van der Waals surface area contributed by atoms with Crippen LogP contribution in [0.2, 0.25) is 0 Å². The third kappa shape index (κ3) is 7.76. The van der Waals surface area contributed by atoms with Crippen molar-refractivity contribution in [1.29, 1.82) is 0 Å². The van der Waals surface area contributed by atoms with Gasteiger partial charge in [0.25, 0.3) is 0 Å². The largest absolute Gasteiger partial charge is 0.488 e. The molecule has 1 aliphatic carbocycles. The fourth-order valence-electron chi connectivity index (χ4n) is 5.06. The van der Waals surface area contributed by atoms with Gasteiger partial charge < -0.3 is 14.6 Å². The van der Waals surface area contributed by atoms with Gasteiger partial charge in [0, 0.05) is 0 Å². The standard InChI is InChI=1S/C29H50O3/c1-9-27(3,4)20-25(28(5,6)10-2)22-15-14-18-24(19-22)31-21-26(30)32-29(7,8)23-16-12-11-13-17-23/h14-15,18-19,23,25-26,30H,9-13,16-17,20-21H2,1-8H3. The first-order chi connectivity index (χ1) is 14.9. The maximum absolute atomic E-state index is 10.6. The van der Waals surface area contributed by atoms with Gasteiger partial charge in [-0.1, -0.05) is 85.8 Å². The van der Waals surface area contributed by atoms with Gasteiger partial charge in [0.1, 0.15) is 12.4 Å². The van der Waals surface area contributed by atoms with Crippen LogP contribution in [0.15, 0.2) is 24.3 Å². The summed E-state index contributed by atoms with van der Waals surface area (Å²) < 4.78 is 12.1. The quantitative estimate of drug-likeness (QED) is 0.330. The summed E-state index contributed by atoms with van der Waals surface area (Å²) in [6.45, 7) is 18.4. The molecule has 0 bridgehead atoms. The summed E-state index contributed by atoms with van der Waals surface area (Å²) in [7, 11) is 0. The lowest BCUT2D eigenvalue weighted by molar-refractivity contribution is -0.205. The van der Waals surface area contributed by atoms with E-state index < -0.39 is 6.29 Å². The van der Waals surface area contributed by atoms with Gasteiger partial charge in [0.05, 0.1) is 5.60 Å². The summed E-state index contributed by atoms with van der Waals surface area (Å²) in [4.78, 5) is 0. The van der Waals surface area contributed by atoms with Gasteiger partial charge in [-0.2, -0.15) is 0 Å². The fourth-order valence-corrected chi connectivity index (χ4v) is 5.06. The Morgan fingerprint density at radius 3 is 2.22 bits per heavy atom. The van der Waals surface area contributed by atoms with Gasteiger partial charge >= 0.3 is 0 Å². The van der Waals surface area contributed by atoms with Crippen LogP contribution in [0.3, 0.4) is 0 Å². The van der Waals surface area contributed by atoms with Gasteiger partial charge in [0.2, 0.25) is 0 Å². The van der Waals surface area contributed by atoms with E-state index in [-0.39, 0.29) is 17.6 Å². The Kier molecular flexibility index (Phi) is 9.67. The summed E-state index contributed by atoms with van der Waals surface area (Å²) in [5.74, 6) is 1.78. The van der Waals surface area contributed by atoms with Gasteiger partial charge in [-0.25, -0.2) is 0 Å². The molecule has 0 aromatic heterocycles. The molecule has 1 aromatic carbocycles. The van der Waals surface area contributed by atoms with Crippen molar-refractivity contribution in [3.63, 3.8) is 0 Å². The zero-order valence-corrected chi connectivity index (χ0v) is 22.2. The van der Waals surface area contributed by atoms with Crippen LogP contribution in [0.25, 0.3) is 0 Å². The molecule has 0 heterocycles. The molecule has 0 radical (unpaired) electrons. The Labute approximate surface area is 198 Å². The fraction of sp³-hybridized carbons (Fsp3) is 0.793. The van der Waals surface area contributed by atoms with Crippen molar-refractivity contribution in [2.45, 2.75) is 125 Å². The second-order valence-corrected chi connectivity index (χ2v) is 12.0. The van der Waals surface area contributed by atoms with Gasteiger partial charge in [0.15, 0.2) is 6.29 Å². The molecule has 184 valence electrons. The van der Waals surface area contributed by atoms with Gasteiger partial charge in [-0.3, -0.25) is 0 Å². The highest BCUT2D eigenvalue weighted by Crippen LogP contribution is 2.46. The Hall–Kier alpha value is -1.06. The Morgan fingerprint density at radius 2 is 1.62 bits per heavy atom. The van der Waals surface area contributed by atoms with Crippen molar-refractivity contribution < 1.29 is 14.6 Å². The van der Waals surface area contributed by atoms with E-state index in [1.54, 1.807) is 0 Å². The molecule has 2 atom stereocenters. The molecular weight excluding hydrogens is 396 g/mol. The van der Waals surface area contributed by atoms with Crippen molar-refractivity contribution in [3.05, 3.63) is 29.8 Å². The van der Waals surface area contributed by atoms with Crippen LogP contribution in [-0.2, 0) is 4.74 Å². The SMILES string of the molecule is CCC(C)(C)CC(c1cccc(OCC(O)OC(C)(C)C2CCCCC2)c1)C(C)(C)CC. The molecular formula is C29H50O3. The van der Waals surface area contributed by atoms with Crippen molar-refractivity contribution in [1.82, 2.24) is 0 Å². The highest BCUT2D eigenvalue weighted by Gasteiger charge is 2.35. The third-order valence-corrected chi connectivity index (χ3v) is 8.25. The van der Waals surface area contributed by atoms with E-state index in [9.17, 15) is 5.11 Å². The zero-order valence-electron chi connectivity index (χ0n) is 22.2. The summed E-state index contributed by atoms with van der Waals surface area (Å²) in [6, 6.07) is 8.48. The van der Waals surface area contributed by atoms with Crippen LogP contribution in [0.4, 0.5) is 0 Å². The molecule has 1 fully saturated rings. The first-order valence-electron chi connectivity index (χ1n) is 13.0. The van der Waals surface area contributed by atoms with Crippen LogP contribution in [0.5, 0.6) is 5.75 Å². The molecule has 2 unspecified atom stereocenters. The zero-order chi connectivity index (χ0) is 24.0. The highest BCUT2D eigenvalue weighted by atomic mass is 16.6. The monoisotopic (exact) mass is 446 g/mol. The number of aliphatic hydroxyl groups is 1. The number of rotatable bonds is 12. The lowest BCUT2D eigenvalue weighted by atomic mass is 9.66. The average molecular weight is 447 g/mol. The van der Waals surface area contributed by atoms with Crippen LogP contribution in [0.1, 0.15) is 118 Å². The van der Waals surface area contributed by atoms with Crippen LogP contribution in [-0.4, -0.2) is 23.6 Å². The molecule has 1 aromatic rings. The van der Waals surface area contributed by atoms with Gasteiger partial charge in [-0.15, -0.1) is 0 Å². The predicted octanol–water partition coefficient (Wildman–Crippen LogP) is 8.11. The molecule has 3 nitrogen and oxygen atoms in total. The molecule has 3 heteroatoms. The summed E-state index contributed by atoms with van der Waals surface area (Å²) in [6.07, 6.45) is 8.75. The molecule has 1 N–H and O–H groups in total. The molecule has 0 amide bonds. The van der Waals surface area contributed by atoms with E-state index in [1.807, 2.05) is 6.07 Å². The van der Waals surface area contributed by atoms with Crippen LogP contribution in [0, 0.1) is 16.7 Å².